The molecule has 0 radical (unpaired) electrons. The van der Waals surface area contributed by atoms with E-state index in [1.165, 1.54) is 19.3 Å². The molecule has 1 aromatic rings. The van der Waals surface area contributed by atoms with Gasteiger partial charge in [0.25, 0.3) is 0 Å². The molecule has 1 aliphatic rings. The summed E-state index contributed by atoms with van der Waals surface area (Å²) in [5, 5.41) is 11.5. The van der Waals surface area contributed by atoms with E-state index in [4.69, 9.17) is 28.9 Å². The zero-order valence-corrected chi connectivity index (χ0v) is 11.8. The van der Waals surface area contributed by atoms with Crippen LogP contribution in [0.1, 0.15) is 43.7 Å². The van der Waals surface area contributed by atoms with Crippen molar-refractivity contribution < 1.29 is 5.11 Å². The fourth-order valence-electron chi connectivity index (χ4n) is 2.72. The fourth-order valence-corrected chi connectivity index (χ4v) is 3.26. The number of aliphatic hydroxyl groups is 1. The average molecular weight is 288 g/mol. The van der Waals surface area contributed by atoms with Gasteiger partial charge in [0.1, 0.15) is 0 Å². The summed E-state index contributed by atoms with van der Waals surface area (Å²) in [5.74, 6) is 0.292. The normalized spacial score (nSPS) is 20.7. The highest BCUT2D eigenvalue weighted by Crippen LogP contribution is 2.34. The Bertz CT molecular complexity index is 405. The van der Waals surface area contributed by atoms with Crippen LogP contribution in [0.5, 0.6) is 0 Å². The van der Waals surface area contributed by atoms with E-state index in [9.17, 15) is 5.11 Å². The van der Waals surface area contributed by atoms with Crippen molar-refractivity contribution in [2.45, 2.75) is 44.2 Å². The van der Waals surface area contributed by atoms with Crippen LogP contribution >= 0.6 is 23.2 Å². The molecule has 1 aliphatic carbocycles. The monoisotopic (exact) mass is 287 g/mol. The van der Waals surface area contributed by atoms with Crippen LogP contribution in [0.25, 0.3) is 0 Å². The molecule has 0 heterocycles. The molecule has 2 atom stereocenters. The van der Waals surface area contributed by atoms with Gasteiger partial charge in [-0.05, 0) is 36.5 Å². The fraction of sp³-hybridized carbons (Fsp3) is 0.571. The maximum Gasteiger partial charge on any atom is 0.0761 e. The van der Waals surface area contributed by atoms with Crippen LogP contribution < -0.4 is 5.73 Å². The Morgan fingerprint density at radius 2 is 1.83 bits per heavy atom. The molecule has 0 unspecified atom stereocenters. The van der Waals surface area contributed by atoms with Crippen molar-refractivity contribution in [2.24, 2.45) is 11.7 Å². The molecule has 2 rings (SSSR count). The highest BCUT2D eigenvalue weighted by molar-refractivity contribution is 6.35. The lowest BCUT2D eigenvalue weighted by molar-refractivity contribution is 0.0618. The third-order valence-corrected chi connectivity index (χ3v) is 4.38. The van der Waals surface area contributed by atoms with Crippen molar-refractivity contribution in [1.82, 2.24) is 0 Å². The van der Waals surface area contributed by atoms with Crippen LogP contribution in [-0.4, -0.2) is 11.2 Å². The summed E-state index contributed by atoms with van der Waals surface area (Å²) in [4.78, 5) is 0. The topological polar surface area (TPSA) is 46.2 Å². The maximum atomic E-state index is 10.4. The molecule has 0 amide bonds. The minimum absolute atomic E-state index is 0.292. The summed E-state index contributed by atoms with van der Waals surface area (Å²) >= 11 is 12.0. The van der Waals surface area contributed by atoms with Gasteiger partial charge in [0.2, 0.25) is 0 Å². The number of hydrogen-bond acceptors (Lipinski definition) is 2. The number of aliphatic hydroxyl groups excluding tert-OH is 1. The van der Waals surface area contributed by atoms with Gasteiger partial charge >= 0.3 is 0 Å². The van der Waals surface area contributed by atoms with E-state index in [2.05, 4.69) is 0 Å². The molecule has 100 valence electrons. The minimum Gasteiger partial charge on any atom is -0.391 e. The number of hydrogen-bond donors (Lipinski definition) is 2. The van der Waals surface area contributed by atoms with Crippen molar-refractivity contribution in [3.05, 3.63) is 33.8 Å². The standard InChI is InChI=1S/C14H19Cl2NO/c15-10-6-7-11(12(16)8-10)13(17)14(18)9-4-2-1-3-5-9/h6-9,13-14,18H,1-5,17H2/t13-,14+/m1/s1. The summed E-state index contributed by atoms with van der Waals surface area (Å²) in [5.41, 5.74) is 6.92. The van der Waals surface area contributed by atoms with E-state index in [1.807, 2.05) is 0 Å². The van der Waals surface area contributed by atoms with E-state index in [0.717, 1.165) is 18.4 Å². The van der Waals surface area contributed by atoms with Gasteiger partial charge in [-0.15, -0.1) is 0 Å². The second-order valence-corrected chi connectivity index (χ2v) is 5.92. The smallest absolute Gasteiger partial charge is 0.0761 e. The van der Waals surface area contributed by atoms with Gasteiger partial charge in [0.15, 0.2) is 0 Å². The molecule has 3 N–H and O–H groups in total. The summed E-state index contributed by atoms with van der Waals surface area (Å²) in [6, 6.07) is 4.81. The van der Waals surface area contributed by atoms with Gasteiger partial charge in [-0.1, -0.05) is 48.5 Å². The van der Waals surface area contributed by atoms with Crippen molar-refractivity contribution in [2.75, 3.05) is 0 Å². The predicted molar refractivity (Wildman–Crippen MR) is 76.0 cm³/mol. The van der Waals surface area contributed by atoms with Crippen LogP contribution in [0, 0.1) is 5.92 Å². The molecule has 0 aliphatic heterocycles. The zero-order chi connectivity index (χ0) is 13.1. The Morgan fingerprint density at radius 3 is 2.44 bits per heavy atom. The van der Waals surface area contributed by atoms with E-state index < -0.39 is 12.1 Å². The van der Waals surface area contributed by atoms with Crippen molar-refractivity contribution in [3.8, 4) is 0 Å². The van der Waals surface area contributed by atoms with Crippen LogP contribution in [-0.2, 0) is 0 Å². The molecule has 0 aromatic heterocycles. The Morgan fingerprint density at radius 1 is 1.17 bits per heavy atom. The number of rotatable bonds is 3. The molecular weight excluding hydrogens is 269 g/mol. The van der Waals surface area contributed by atoms with Gasteiger partial charge in [0, 0.05) is 10.0 Å². The first-order chi connectivity index (χ1) is 8.59. The highest BCUT2D eigenvalue weighted by Gasteiger charge is 2.28. The van der Waals surface area contributed by atoms with Crippen LogP contribution in [0.3, 0.4) is 0 Å². The number of nitrogens with two attached hydrogens (primary N) is 1. The summed E-state index contributed by atoms with van der Waals surface area (Å²) in [6.45, 7) is 0. The van der Waals surface area contributed by atoms with E-state index in [1.54, 1.807) is 18.2 Å². The van der Waals surface area contributed by atoms with Crippen molar-refractivity contribution in [1.29, 1.82) is 0 Å². The minimum atomic E-state index is -0.524. The second kappa shape index (κ2) is 6.25. The van der Waals surface area contributed by atoms with E-state index in [0.29, 0.717) is 16.0 Å². The quantitative estimate of drug-likeness (QED) is 0.885. The van der Waals surface area contributed by atoms with Crippen molar-refractivity contribution in [3.63, 3.8) is 0 Å². The lowest BCUT2D eigenvalue weighted by Crippen LogP contribution is -2.34. The van der Waals surface area contributed by atoms with Gasteiger partial charge in [0.05, 0.1) is 12.1 Å². The summed E-state index contributed by atoms with van der Waals surface area (Å²) in [7, 11) is 0. The third-order valence-electron chi connectivity index (χ3n) is 3.82. The maximum absolute atomic E-state index is 10.4. The average Bonchev–Trinajstić information content (AvgIpc) is 2.38. The molecule has 18 heavy (non-hydrogen) atoms. The molecule has 4 heteroatoms. The van der Waals surface area contributed by atoms with E-state index in [-0.39, 0.29) is 0 Å². The van der Waals surface area contributed by atoms with Gasteiger partial charge in [-0.25, -0.2) is 0 Å². The number of halogens is 2. The van der Waals surface area contributed by atoms with Gasteiger partial charge < -0.3 is 10.8 Å². The Labute approximate surface area is 118 Å². The molecule has 1 fully saturated rings. The zero-order valence-electron chi connectivity index (χ0n) is 10.3. The molecule has 2 nitrogen and oxygen atoms in total. The summed E-state index contributed by atoms with van der Waals surface area (Å²) in [6.07, 6.45) is 5.22. The largest absolute Gasteiger partial charge is 0.391 e. The van der Waals surface area contributed by atoms with Gasteiger partial charge in [-0.3, -0.25) is 0 Å². The van der Waals surface area contributed by atoms with E-state index >= 15 is 0 Å². The molecule has 1 saturated carbocycles. The first-order valence-corrected chi connectivity index (χ1v) is 7.24. The SMILES string of the molecule is N[C@H](c1ccc(Cl)cc1Cl)[C@@H](O)C1CCCCC1. The Kier molecular flexibility index (Phi) is 4.91. The molecule has 0 saturated heterocycles. The van der Waals surface area contributed by atoms with Crippen LogP contribution in [0.2, 0.25) is 10.0 Å². The Balaban J connectivity index is 2.11. The summed E-state index contributed by atoms with van der Waals surface area (Å²) < 4.78 is 0. The Hall–Kier alpha value is -0.280. The number of benzene rings is 1. The molecular formula is C14H19Cl2NO. The first kappa shape index (κ1) is 14.1. The second-order valence-electron chi connectivity index (χ2n) is 5.08. The lowest BCUT2D eigenvalue weighted by atomic mass is 9.81. The van der Waals surface area contributed by atoms with Crippen LogP contribution in [0.15, 0.2) is 18.2 Å². The molecule has 0 bridgehead atoms. The highest BCUT2D eigenvalue weighted by atomic mass is 35.5. The van der Waals surface area contributed by atoms with Crippen LogP contribution in [0.4, 0.5) is 0 Å². The van der Waals surface area contributed by atoms with Gasteiger partial charge in [-0.2, -0.15) is 0 Å². The third kappa shape index (κ3) is 3.18. The van der Waals surface area contributed by atoms with Crippen molar-refractivity contribution >= 4 is 23.2 Å². The predicted octanol–water partition coefficient (Wildman–Crippen LogP) is 3.93. The molecule has 1 aromatic carbocycles. The molecule has 0 spiro atoms. The first-order valence-electron chi connectivity index (χ1n) is 6.48. The lowest BCUT2D eigenvalue weighted by Gasteiger charge is -2.31.